The number of hydrogen-bond acceptors (Lipinski definition) is 2. The molecule has 4 rings (SSSR count). The molecule has 2 aromatic heterocycles. The van der Waals surface area contributed by atoms with Crippen LogP contribution in [0.5, 0.6) is 0 Å². The van der Waals surface area contributed by atoms with E-state index >= 15 is 0 Å². The summed E-state index contributed by atoms with van der Waals surface area (Å²) in [6.45, 7) is 0. The van der Waals surface area contributed by atoms with Gasteiger partial charge in [-0.25, -0.2) is 0 Å². The SMILES string of the molecule is O=c1[nH]c2c([nH]c1=O)C1=C(CCC(n3cccc3)=C1)CC2. The van der Waals surface area contributed by atoms with Gasteiger partial charge in [-0.15, -0.1) is 0 Å². The van der Waals surface area contributed by atoms with Crippen molar-refractivity contribution in [1.29, 1.82) is 0 Å². The molecule has 0 unspecified atom stereocenters. The third-order valence-corrected chi connectivity index (χ3v) is 4.27. The Kier molecular flexibility index (Phi) is 2.60. The Hall–Kier alpha value is -2.56. The highest BCUT2D eigenvalue weighted by molar-refractivity contribution is 5.84. The zero-order chi connectivity index (χ0) is 14.4. The molecule has 106 valence electrons. The van der Waals surface area contributed by atoms with Crippen LogP contribution in [-0.4, -0.2) is 14.5 Å². The van der Waals surface area contributed by atoms with E-state index in [1.54, 1.807) is 0 Å². The minimum Gasteiger partial charge on any atom is -0.328 e. The molecule has 0 aromatic carbocycles. The molecule has 0 saturated heterocycles. The van der Waals surface area contributed by atoms with E-state index in [9.17, 15) is 9.59 Å². The summed E-state index contributed by atoms with van der Waals surface area (Å²) in [4.78, 5) is 28.6. The van der Waals surface area contributed by atoms with Crippen molar-refractivity contribution in [2.24, 2.45) is 0 Å². The molecular formula is C16H15N3O2. The van der Waals surface area contributed by atoms with Crippen LogP contribution in [-0.2, 0) is 6.42 Å². The highest BCUT2D eigenvalue weighted by Crippen LogP contribution is 2.37. The minimum atomic E-state index is -0.580. The molecule has 0 aliphatic heterocycles. The summed E-state index contributed by atoms with van der Waals surface area (Å²) in [6.07, 6.45) is 9.90. The van der Waals surface area contributed by atoms with Gasteiger partial charge in [-0.2, -0.15) is 0 Å². The van der Waals surface area contributed by atoms with Gasteiger partial charge in [-0.1, -0.05) is 5.57 Å². The third kappa shape index (κ3) is 1.93. The lowest BCUT2D eigenvalue weighted by molar-refractivity contribution is 0.778. The first-order valence-corrected chi connectivity index (χ1v) is 7.14. The highest BCUT2D eigenvalue weighted by Gasteiger charge is 2.23. The van der Waals surface area contributed by atoms with Gasteiger partial charge in [-0.05, 0) is 43.9 Å². The van der Waals surface area contributed by atoms with Gasteiger partial charge in [0.1, 0.15) is 0 Å². The van der Waals surface area contributed by atoms with Crippen LogP contribution in [0.3, 0.4) is 0 Å². The van der Waals surface area contributed by atoms with E-state index in [-0.39, 0.29) is 0 Å². The first kappa shape index (κ1) is 12.2. The van der Waals surface area contributed by atoms with Crippen molar-refractivity contribution in [2.75, 3.05) is 0 Å². The van der Waals surface area contributed by atoms with E-state index in [0.29, 0.717) is 0 Å². The lowest BCUT2D eigenvalue weighted by atomic mass is 9.85. The van der Waals surface area contributed by atoms with Gasteiger partial charge in [-0.3, -0.25) is 9.59 Å². The summed E-state index contributed by atoms with van der Waals surface area (Å²) in [5, 5.41) is 0. The van der Waals surface area contributed by atoms with Crippen LogP contribution in [0, 0.1) is 0 Å². The maximum Gasteiger partial charge on any atom is 0.314 e. The molecule has 2 heterocycles. The molecule has 2 aliphatic rings. The molecule has 2 aromatic rings. The van der Waals surface area contributed by atoms with Crippen LogP contribution < -0.4 is 11.1 Å². The summed E-state index contributed by atoms with van der Waals surface area (Å²) in [5.41, 5.74) is 4.11. The topological polar surface area (TPSA) is 70.7 Å². The van der Waals surface area contributed by atoms with Gasteiger partial charge in [0.15, 0.2) is 0 Å². The number of hydrogen-bond donors (Lipinski definition) is 2. The number of nitrogens with one attached hydrogen (secondary N) is 2. The van der Waals surface area contributed by atoms with Crippen LogP contribution in [0.1, 0.15) is 30.7 Å². The fourth-order valence-corrected chi connectivity index (χ4v) is 3.19. The number of allylic oxidation sites excluding steroid dienone is 4. The number of aromatic amines is 2. The Bertz CT molecular complexity index is 879. The molecule has 0 bridgehead atoms. The maximum atomic E-state index is 11.6. The summed E-state index contributed by atoms with van der Waals surface area (Å²) >= 11 is 0. The maximum absolute atomic E-state index is 11.6. The van der Waals surface area contributed by atoms with Crippen LogP contribution in [0.15, 0.2) is 45.8 Å². The summed E-state index contributed by atoms with van der Waals surface area (Å²) in [7, 11) is 0. The Morgan fingerprint density at radius 1 is 0.905 bits per heavy atom. The van der Waals surface area contributed by atoms with E-state index in [4.69, 9.17) is 0 Å². The lowest BCUT2D eigenvalue weighted by Crippen LogP contribution is -2.33. The number of aromatic nitrogens is 3. The second-order valence-corrected chi connectivity index (χ2v) is 5.51. The Morgan fingerprint density at radius 3 is 2.43 bits per heavy atom. The number of rotatable bonds is 1. The van der Waals surface area contributed by atoms with E-state index in [1.165, 1.54) is 11.3 Å². The molecule has 0 amide bonds. The Balaban J connectivity index is 1.89. The van der Waals surface area contributed by atoms with Crippen molar-refractivity contribution in [3.8, 4) is 0 Å². The van der Waals surface area contributed by atoms with Gasteiger partial charge < -0.3 is 14.5 Å². The summed E-state index contributed by atoms with van der Waals surface area (Å²) < 4.78 is 2.10. The lowest BCUT2D eigenvalue weighted by Gasteiger charge is -2.26. The standard InChI is InChI=1S/C16H15N3O2/c20-15-16(21)18-14-12-9-11(19-7-1-2-8-19)5-3-10(12)4-6-13(14)17-15/h1-2,7-9H,3-6H2,(H,17,20)(H,18,21). The molecule has 0 spiro atoms. The van der Waals surface area contributed by atoms with Crippen LogP contribution in [0.25, 0.3) is 11.3 Å². The average molecular weight is 281 g/mol. The van der Waals surface area contributed by atoms with Crippen molar-refractivity contribution in [3.05, 3.63) is 68.3 Å². The zero-order valence-corrected chi connectivity index (χ0v) is 11.5. The van der Waals surface area contributed by atoms with Gasteiger partial charge in [0.25, 0.3) is 0 Å². The van der Waals surface area contributed by atoms with E-state index in [2.05, 4.69) is 20.6 Å². The normalized spacial score (nSPS) is 17.2. The summed E-state index contributed by atoms with van der Waals surface area (Å²) in [6, 6.07) is 4.00. The quantitative estimate of drug-likeness (QED) is 0.784. The predicted molar refractivity (Wildman–Crippen MR) is 80.9 cm³/mol. The molecule has 2 aliphatic carbocycles. The second-order valence-electron chi connectivity index (χ2n) is 5.51. The Morgan fingerprint density at radius 2 is 1.62 bits per heavy atom. The Labute approximate surface area is 120 Å². The molecule has 0 atom stereocenters. The van der Waals surface area contributed by atoms with Crippen molar-refractivity contribution in [2.45, 2.75) is 25.7 Å². The van der Waals surface area contributed by atoms with E-state index in [1.807, 2.05) is 24.5 Å². The van der Waals surface area contributed by atoms with Gasteiger partial charge in [0, 0.05) is 29.4 Å². The minimum absolute atomic E-state index is 0.566. The monoisotopic (exact) mass is 281 g/mol. The fraction of sp³-hybridized carbons (Fsp3) is 0.250. The van der Waals surface area contributed by atoms with Crippen LogP contribution >= 0.6 is 0 Å². The molecule has 2 N–H and O–H groups in total. The number of fused-ring (bicyclic) bond motifs is 2. The molecule has 5 nitrogen and oxygen atoms in total. The number of H-pyrrole nitrogens is 2. The smallest absolute Gasteiger partial charge is 0.314 e. The third-order valence-electron chi connectivity index (χ3n) is 4.27. The second kappa shape index (κ2) is 4.48. The van der Waals surface area contributed by atoms with Crippen molar-refractivity contribution in [3.63, 3.8) is 0 Å². The van der Waals surface area contributed by atoms with E-state index in [0.717, 1.165) is 42.6 Å². The fourth-order valence-electron chi connectivity index (χ4n) is 3.19. The first-order chi connectivity index (χ1) is 10.2. The van der Waals surface area contributed by atoms with Crippen molar-refractivity contribution < 1.29 is 0 Å². The average Bonchev–Trinajstić information content (AvgIpc) is 3.02. The molecule has 21 heavy (non-hydrogen) atoms. The van der Waals surface area contributed by atoms with E-state index < -0.39 is 11.1 Å². The number of aryl methyl sites for hydroxylation is 1. The number of nitrogens with zero attached hydrogens (tertiary/aromatic N) is 1. The largest absolute Gasteiger partial charge is 0.328 e. The highest BCUT2D eigenvalue weighted by atomic mass is 16.2. The van der Waals surface area contributed by atoms with Crippen molar-refractivity contribution >= 4 is 11.3 Å². The van der Waals surface area contributed by atoms with Crippen molar-refractivity contribution in [1.82, 2.24) is 14.5 Å². The molecular weight excluding hydrogens is 266 g/mol. The first-order valence-electron chi connectivity index (χ1n) is 7.14. The van der Waals surface area contributed by atoms with Gasteiger partial charge in [0.05, 0.1) is 5.69 Å². The summed E-state index contributed by atoms with van der Waals surface area (Å²) in [5.74, 6) is 0. The zero-order valence-electron chi connectivity index (χ0n) is 11.5. The predicted octanol–water partition coefficient (Wildman–Crippen LogP) is 1.90. The molecule has 0 fully saturated rings. The van der Waals surface area contributed by atoms with Crippen LogP contribution in [0.2, 0.25) is 0 Å². The van der Waals surface area contributed by atoms with Gasteiger partial charge in [0.2, 0.25) is 0 Å². The molecule has 0 saturated carbocycles. The molecule has 5 heteroatoms. The van der Waals surface area contributed by atoms with Gasteiger partial charge >= 0.3 is 11.1 Å². The van der Waals surface area contributed by atoms with Crippen LogP contribution in [0.4, 0.5) is 0 Å². The molecule has 0 radical (unpaired) electrons.